The molecular weight excluding hydrogens is 246 g/mol. The predicted octanol–water partition coefficient (Wildman–Crippen LogP) is 4.24. The smallest absolute Gasteiger partial charge is 0.127 e. The molecule has 1 heterocycles. The zero-order valence-corrected chi connectivity index (χ0v) is 12.7. The summed E-state index contributed by atoms with van der Waals surface area (Å²) in [5, 5.41) is 3.51. The van der Waals surface area contributed by atoms with Gasteiger partial charge in [-0.3, -0.25) is 0 Å². The van der Waals surface area contributed by atoms with E-state index in [2.05, 4.69) is 30.6 Å². The van der Waals surface area contributed by atoms with E-state index in [1.807, 2.05) is 0 Å². The lowest BCUT2D eigenvalue weighted by molar-refractivity contribution is 0.280. The van der Waals surface area contributed by atoms with E-state index in [4.69, 9.17) is 4.74 Å². The summed E-state index contributed by atoms with van der Waals surface area (Å²) in [7, 11) is 2.08. The van der Waals surface area contributed by atoms with Crippen molar-refractivity contribution in [3.05, 3.63) is 29.3 Å². The second kappa shape index (κ2) is 6.62. The molecule has 110 valence electrons. The number of hydrogen-bond acceptors (Lipinski definition) is 2. The fourth-order valence-corrected chi connectivity index (χ4v) is 3.85. The summed E-state index contributed by atoms with van der Waals surface area (Å²) in [5.74, 6) is 2.14. The van der Waals surface area contributed by atoms with Gasteiger partial charge in [-0.25, -0.2) is 0 Å². The van der Waals surface area contributed by atoms with Gasteiger partial charge in [-0.15, -0.1) is 0 Å². The van der Waals surface area contributed by atoms with Crippen LogP contribution in [0.15, 0.2) is 18.2 Å². The summed E-state index contributed by atoms with van der Waals surface area (Å²) in [6.07, 6.45) is 10.7. The molecule has 0 aromatic heterocycles. The van der Waals surface area contributed by atoms with Crippen LogP contribution < -0.4 is 10.1 Å². The Hall–Kier alpha value is -1.02. The van der Waals surface area contributed by atoms with Gasteiger partial charge in [0.1, 0.15) is 5.75 Å². The lowest BCUT2D eigenvalue weighted by Crippen LogP contribution is -2.20. The highest BCUT2D eigenvalue weighted by Gasteiger charge is 2.22. The van der Waals surface area contributed by atoms with Crippen molar-refractivity contribution in [2.24, 2.45) is 5.92 Å². The van der Waals surface area contributed by atoms with Gasteiger partial charge in [0.05, 0.1) is 6.61 Å². The maximum Gasteiger partial charge on any atom is 0.127 e. The third-order valence-corrected chi connectivity index (χ3v) is 5.03. The first-order valence-corrected chi connectivity index (χ1v) is 8.30. The van der Waals surface area contributed by atoms with Gasteiger partial charge in [-0.2, -0.15) is 0 Å². The lowest BCUT2D eigenvalue weighted by atomic mass is 9.92. The molecule has 0 saturated heterocycles. The second-order valence-corrected chi connectivity index (χ2v) is 6.36. The Morgan fingerprint density at radius 3 is 2.90 bits per heavy atom. The zero-order valence-electron chi connectivity index (χ0n) is 12.7. The third-order valence-electron chi connectivity index (χ3n) is 5.03. The highest BCUT2D eigenvalue weighted by molar-refractivity contribution is 5.44. The van der Waals surface area contributed by atoms with Gasteiger partial charge in [-0.05, 0) is 44.2 Å². The Labute approximate surface area is 122 Å². The van der Waals surface area contributed by atoms with Crippen molar-refractivity contribution in [2.75, 3.05) is 13.7 Å². The number of rotatable bonds is 5. The fourth-order valence-electron chi connectivity index (χ4n) is 3.85. The van der Waals surface area contributed by atoms with E-state index in [0.29, 0.717) is 6.04 Å². The van der Waals surface area contributed by atoms with Crippen molar-refractivity contribution in [1.29, 1.82) is 0 Å². The molecule has 0 bridgehead atoms. The second-order valence-electron chi connectivity index (χ2n) is 6.36. The van der Waals surface area contributed by atoms with Crippen molar-refractivity contribution in [2.45, 2.75) is 57.4 Å². The Balaban J connectivity index is 1.71. The van der Waals surface area contributed by atoms with E-state index in [-0.39, 0.29) is 0 Å². The van der Waals surface area contributed by atoms with Gasteiger partial charge in [0, 0.05) is 11.6 Å². The molecule has 0 amide bonds. The van der Waals surface area contributed by atoms with E-state index >= 15 is 0 Å². The number of para-hydroxylation sites is 1. The van der Waals surface area contributed by atoms with Crippen molar-refractivity contribution < 1.29 is 4.74 Å². The Kier molecular flexibility index (Phi) is 4.62. The van der Waals surface area contributed by atoms with Crippen LogP contribution >= 0.6 is 0 Å². The topological polar surface area (TPSA) is 21.3 Å². The summed E-state index contributed by atoms with van der Waals surface area (Å²) < 4.78 is 5.97. The molecular formula is C18H27NO. The number of aryl methyl sites for hydroxylation is 1. The Morgan fingerprint density at radius 1 is 1.25 bits per heavy atom. The van der Waals surface area contributed by atoms with Gasteiger partial charge in [0.15, 0.2) is 0 Å². The van der Waals surface area contributed by atoms with Gasteiger partial charge < -0.3 is 10.1 Å². The molecule has 1 fully saturated rings. The molecule has 0 radical (unpaired) electrons. The molecule has 2 nitrogen and oxygen atoms in total. The molecule has 1 saturated carbocycles. The zero-order chi connectivity index (χ0) is 13.8. The average Bonchev–Trinajstić information content (AvgIpc) is 3.01. The van der Waals surface area contributed by atoms with Crippen LogP contribution in [0, 0.1) is 5.92 Å². The first-order chi connectivity index (χ1) is 9.88. The maximum absolute atomic E-state index is 5.97. The van der Waals surface area contributed by atoms with E-state index in [0.717, 1.165) is 18.9 Å². The van der Waals surface area contributed by atoms with Crippen LogP contribution in [0.1, 0.15) is 62.1 Å². The Bertz CT molecular complexity index is 437. The molecule has 1 unspecified atom stereocenters. The first-order valence-electron chi connectivity index (χ1n) is 8.30. The molecule has 1 aromatic rings. The standard InChI is InChI=1S/C18H27NO/c1-19-17(12-11-14-6-2-3-7-14)16-10-4-8-15-9-5-13-20-18(15)16/h4,8,10,14,17,19H,2-3,5-7,9,11-13H2,1H3. The van der Waals surface area contributed by atoms with Gasteiger partial charge in [-0.1, -0.05) is 43.9 Å². The number of nitrogens with one attached hydrogen (secondary N) is 1. The minimum Gasteiger partial charge on any atom is -0.493 e. The molecule has 2 heteroatoms. The van der Waals surface area contributed by atoms with Crippen LogP contribution in [0.2, 0.25) is 0 Å². The molecule has 1 aliphatic heterocycles. The minimum absolute atomic E-state index is 0.448. The quantitative estimate of drug-likeness (QED) is 0.866. The summed E-state index contributed by atoms with van der Waals surface area (Å²) in [6.45, 7) is 0.878. The number of benzene rings is 1. The molecule has 3 rings (SSSR count). The van der Waals surface area contributed by atoms with Crippen molar-refractivity contribution in [1.82, 2.24) is 5.32 Å². The van der Waals surface area contributed by atoms with Crippen LogP contribution in [0.5, 0.6) is 5.75 Å². The Morgan fingerprint density at radius 2 is 2.10 bits per heavy atom. The third kappa shape index (κ3) is 3.01. The van der Waals surface area contributed by atoms with Crippen LogP contribution in [-0.4, -0.2) is 13.7 Å². The van der Waals surface area contributed by atoms with Gasteiger partial charge in [0.25, 0.3) is 0 Å². The molecule has 0 spiro atoms. The first kappa shape index (κ1) is 13.9. The van der Waals surface area contributed by atoms with Crippen molar-refractivity contribution in [3.8, 4) is 5.75 Å². The number of hydrogen-bond donors (Lipinski definition) is 1. The molecule has 2 aliphatic rings. The van der Waals surface area contributed by atoms with E-state index in [1.54, 1.807) is 0 Å². The molecule has 1 aliphatic carbocycles. The highest BCUT2D eigenvalue weighted by Crippen LogP contribution is 2.36. The van der Waals surface area contributed by atoms with Crippen molar-refractivity contribution >= 4 is 0 Å². The monoisotopic (exact) mass is 273 g/mol. The highest BCUT2D eigenvalue weighted by atomic mass is 16.5. The normalized spacial score (nSPS) is 20.4. The number of ether oxygens (including phenoxy) is 1. The summed E-state index contributed by atoms with van der Waals surface area (Å²) in [6, 6.07) is 7.12. The van der Waals surface area contributed by atoms with E-state index < -0.39 is 0 Å². The van der Waals surface area contributed by atoms with Gasteiger partial charge in [0.2, 0.25) is 0 Å². The van der Waals surface area contributed by atoms with Crippen LogP contribution in [-0.2, 0) is 6.42 Å². The van der Waals surface area contributed by atoms with Crippen molar-refractivity contribution in [3.63, 3.8) is 0 Å². The van der Waals surface area contributed by atoms with Crippen LogP contribution in [0.4, 0.5) is 0 Å². The van der Waals surface area contributed by atoms with Crippen LogP contribution in [0.25, 0.3) is 0 Å². The minimum atomic E-state index is 0.448. The summed E-state index contributed by atoms with van der Waals surface area (Å²) in [4.78, 5) is 0. The molecule has 1 aromatic carbocycles. The maximum atomic E-state index is 5.97. The molecule has 20 heavy (non-hydrogen) atoms. The lowest BCUT2D eigenvalue weighted by Gasteiger charge is -2.25. The SMILES string of the molecule is CNC(CCC1CCCC1)c1cccc2c1OCCC2. The van der Waals surface area contributed by atoms with E-state index in [1.165, 1.54) is 61.8 Å². The summed E-state index contributed by atoms with van der Waals surface area (Å²) in [5.41, 5.74) is 2.78. The van der Waals surface area contributed by atoms with Crippen LogP contribution in [0.3, 0.4) is 0 Å². The van der Waals surface area contributed by atoms with E-state index in [9.17, 15) is 0 Å². The summed E-state index contributed by atoms with van der Waals surface area (Å²) >= 11 is 0. The number of fused-ring (bicyclic) bond motifs is 1. The predicted molar refractivity (Wildman–Crippen MR) is 83.3 cm³/mol. The average molecular weight is 273 g/mol. The molecule has 1 atom stereocenters. The fraction of sp³-hybridized carbons (Fsp3) is 0.667. The molecule has 1 N–H and O–H groups in total. The van der Waals surface area contributed by atoms with Gasteiger partial charge >= 0.3 is 0 Å². The largest absolute Gasteiger partial charge is 0.493 e.